The minimum Gasteiger partial charge on any atom is -0.481 e. The number of carbonyl (C=O) groups excluding carboxylic acids is 1. The number of carbonyl (C=O) groups is 2. The fraction of sp³-hybridized carbons (Fsp3) is 0.600. The van der Waals surface area contributed by atoms with Crippen molar-refractivity contribution in [3.63, 3.8) is 0 Å². The summed E-state index contributed by atoms with van der Waals surface area (Å²) in [6, 6.07) is 3.93. The average Bonchev–Trinajstić information content (AvgIpc) is 2.91. The molecule has 1 saturated heterocycles. The molecule has 2 atom stereocenters. The van der Waals surface area contributed by atoms with E-state index >= 15 is 0 Å². The van der Waals surface area contributed by atoms with Gasteiger partial charge in [-0.05, 0) is 37.6 Å². The number of hydrogen-bond donors (Lipinski definition) is 1. The number of piperidine rings is 1. The standard InChI is InChI=1S/C15H21NO3S/c1-10-9-16(7-6-11(10)13(17)18)14(19)15(2,3)12-5-4-8-20-12/h4-5,8,10-11H,6-7,9H2,1-3H3,(H,17,18). The molecule has 2 unspecified atom stereocenters. The highest BCUT2D eigenvalue weighted by molar-refractivity contribution is 7.10. The first-order valence-corrected chi connectivity index (χ1v) is 7.78. The lowest BCUT2D eigenvalue weighted by atomic mass is 9.84. The van der Waals surface area contributed by atoms with E-state index in [1.165, 1.54) is 0 Å². The van der Waals surface area contributed by atoms with E-state index in [2.05, 4.69) is 0 Å². The normalized spacial score (nSPS) is 23.6. The maximum absolute atomic E-state index is 12.7. The lowest BCUT2D eigenvalue weighted by Crippen LogP contribution is -2.50. The van der Waals surface area contributed by atoms with Gasteiger partial charge in [0.1, 0.15) is 0 Å². The molecule has 4 nitrogen and oxygen atoms in total. The van der Waals surface area contributed by atoms with Gasteiger partial charge in [-0.3, -0.25) is 9.59 Å². The van der Waals surface area contributed by atoms with Crippen LogP contribution in [0.3, 0.4) is 0 Å². The number of nitrogens with zero attached hydrogens (tertiary/aromatic N) is 1. The molecule has 1 fully saturated rings. The van der Waals surface area contributed by atoms with E-state index in [0.717, 1.165) is 4.88 Å². The van der Waals surface area contributed by atoms with Crippen LogP contribution in [0.2, 0.25) is 0 Å². The molecule has 5 heteroatoms. The molecule has 0 aromatic carbocycles. The Morgan fingerprint density at radius 3 is 2.65 bits per heavy atom. The first-order valence-electron chi connectivity index (χ1n) is 6.90. The van der Waals surface area contributed by atoms with Gasteiger partial charge in [0.05, 0.1) is 11.3 Å². The Kier molecular flexibility index (Phi) is 4.18. The monoisotopic (exact) mass is 295 g/mol. The van der Waals surface area contributed by atoms with Crippen LogP contribution in [0.5, 0.6) is 0 Å². The van der Waals surface area contributed by atoms with Crippen molar-refractivity contribution >= 4 is 23.2 Å². The van der Waals surface area contributed by atoms with Gasteiger partial charge in [0.15, 0.2) is 0 Å². The first-order chi connectivity index (χ1) is 9.34. The van der Waals surface area contributed by atoms with Gasteiger partial charge in [-0.25, -0.2) is 0 Å². The van der Waals surface area contributed by atoms with Gasteiger partial charge in [-0.15, -0.1) is 11.3 Å². The van der Waals surface area contributed by atoms with E-state index in [1.54, 1.807) is 11.3 Å². The highest BCUT2D eigenvalue weighted by atomic mass is 32.1. The summed E-state index contributed by atoms with van der Waals surface area (Å²) in [6.07, 6.45) is 0.544. The van der Waals surface area contributed by atoms with Gasteiger partial charge in [0.25, 0.3) is 0 Å². The molecule has 0 spiro atoms. The fourth-order valence-corrected chi connectivity index (χ4v) is 3.67. The summed E-state index contributed by atoms with van der Waals surface area (Å²) in [5.74, 6) is -0.981. The predicted octanol–water partition coefficient (Wildman–Crippen LogP) is 2.59. The highest BCUT2D eigenvalue weighted by Gasteiger charge is 2.39. The predicted molar refractivity (Wildman–Crippen MR) is 78.8 cm³/mol. The van der Waals surface area contributed by atoms with Crippen LogP contribution in [0.15, 0.2) is 17.5 Å². The number of carboxylic acid groups (broad SMARTS) is 1. The Labute approximate surface area is 123 Å². The van der Waals surface area contributed by atoms with E-state index in [4.69, 9.17) is 5.11 Å². The Bertz CT molecular complexity index is 495. The van der Waals surface area contributed by atoms with Crippen LogP contribution in [-0.2, 0) is 15.0 Å². The number of carboxylic acids is 1. The molecule has 0 saturated carbocycles. The summed E-state index contributed by atoms with van der Waals surface area (Å²) >= 11 is 1.59. The lowest BCUT2D eigenvalue weighted by molar-refractivity contribution is -0.149. The zero-order valence-corrected chi connectivity index (χ0v) is 12.9. The summed E-state index contributed by atoms with van der Waals surface area (Å²) in [4.78, 5) is 26.7. The molecule has 1 aromatic heterocycles. The van der Waals surface area contributed by atoms with Crippen molar-refractivity contribution in [1.82, 2.24) is 4.90 Å². The van der Waals surface area contributed by atoms with E-state index in [-0.39, 0.29) is 17.7 Å². The molecule has 1 aliphatic heterocycles. The maximum Gasteiger partial charge on any atom is 0.306 e. The fourth-order valence-electron chi connectivity index (χ4n) is 2.83. The number of likely N-dealkylation sites (tertiary alicyclic amines) is 1. The quantitative estimate of drug-likeness (QED) is 0.932. The maximum atomic E-state index is 12.7. The molecule has 0 radical (unpaired) electrons. The van der Waals surface area contributed by atoms with Crippen LogP contribution < -0.4 is 0 Å². The van der Waals surface area contributed by atoms with Crippen molar-refractivity contribution in [2.24, 2.45) is 11.8 Å². The van der Waals surface area contributed by atoms with Crippen molar-refractivity contribution < 1.29 is 14.7 Å². The molecule has 1 aliphatic rings. The van der Waals surface area contributed by atoms with E-state index in [9.17, 15) is 9.59 Å². The summed E-state index contributed by atoms with van der Waals surface area (Å²) in [7, 11) is 0. The Morgan fingerprint density at radius 2 is 2.15 bits per heavy atom. The second-order valence-electron chi connectivity index (χ2n) is 6.06. The Morgan fingerprint density at radius 1 is 1.45 bits per heavy atom. The van der Waals surface area contributed by atoms with Crippen molar-refractivity contribution in [3.8, 4) is 0 Å². The number of thiophene rings is 1. The van der Waals surface area contributed by atoms with Crippen molar-refractivity contribution in [2.75, 3.05) is 13.1 Å². The van der Waals surface area contributed by atoms with Gasteiger partial charge in [0.2, 0.25) is 5.91 Å². The lowest BCUT2D eigenvalue weighted by Gasteiger charge is -2.38. The van der Waals surface area contributed by atoms with Crippen molar-refractivity contribution in [3.05, 3.63) is 22.4 Å². The van der Waals surface area contributed by atoms with E-state index in [1.807, 2.05) is 43.2 Å². The number of aliphatic carboxylic acids is 1. The largest absolute Gasteiger partial charge is 0.481 e. The molecule has 0 bridgehead atoms. The minimum absolute atomic E-state index is 0.00401. The molecular weight excluding hydrogens is 274 g/mol. The number of hydrogen-bond acceptors (Lipinski definition) is 3. The average molecular weight is 295 g/mol. The molecule has 110 valence electrons. The van der Waals surface area contributed by atoms with Crippen LogP contribution in [-0.4, -0.2) is 35.0 Å². The van der Waals surface area contributed by atoms with Crippen LogP contribution in [0.25, 0.3) is 0 Å². The third-order valence-corrected chi connectivity index (χ3v) is 5.38. The minimum atomic E-state index is -0.748. The highest BCUT2D eigenvalue weighted by Crippen LogP contribution is 2.32. The number of rotatable bonds is 3. The van der Waals surface area contributed by atoms with Crippen molar-refractivity contribution in [2.45, 2.75) is 32.6 Å². The summed E-state index contributed by atoms with van der Waals surface area (Å²) < 4.78 is 0. The summed E-state index contributed by atoms with van der Waals surface area (Å²) in [5.41, 5.74) is -0.538. The molecule has 1 amide bonds. The van der Waals surface area contributed by atoms with Crippen LogP contribution in [0, 0.1) is 11.8 Å². The van der Waals surface area contributed by atoms with Gasteiger partial charge >= 0.3 is 5.97 Å². The van der Waals surface area contributed by atoms with E-state index < -0.39 is 11.4 Å². The third-order valence-electron chi connectivity index (χ3n) is 4.18. The topological polar surface area (TPSA) is 57.6 Å². The summed E-state index contributed by atoms with van der Waals surface area (Å²) in [5, 5.41) is 11.1. The molecule has 1 N–H and O–H groups in total. The third kappa shape index (κ3) is 2.73. The van der Waals surface area contributed by atoms with Crippen LogP contribution >= 0.6 is 11.3 Å². The Balaban J connectivity index is 2.10. The molecule has 2 rings (SSSR count). The smallest absolute Gasteiger partial charge is 0.306 e. The SMILES string of the molecule is CC1CN(C(=O)C(C)(C)c2cccs2)CCC1C(=O)O. The van der Waals surface area contributed by atoms with Crippen molar-refractivity contribution in [1.29, 1.82) is 0 Å². The van der Waals surface area contributed by atoms with Crippen LogP contribution in [0.4, 0.5) is 0 Å². The van der Waals surface area contributed by atoms with Gasteiger partial charge < -0.3 is 10.0 Å². The molecule has 2 heterocycles. The summed E-state index contributed by atoms with van der Waals surface area (Å²) in [6.45, 7) is 6.86. The molecule has 20 heavy (non-hydrogen) atoms. The second kappa shape index (κ2) is 5.56. The second-order valence-corrected chi connectivity index (χ2v) is 7.01. The van der Waals surface area contributed by atoms with Crippen LogP contribution in [0.1, 0.15) is 32.1 Å². The zero-order chi connectivity index (χ0) is 14.9. The first kappa shape index (κ1) is 15.0. The zero-order valence-electron chi connectivity index (χ0n) is 12.1. The van der Waals surface area contributed by atoms with Gasteiger partial charge in [-0.1, -0.05) is 13.0 Å². The number of amides is 1. The van der Waals surface area contributed by atoms with E-state index in [0.29, 0.717) is 19.5 Å². The molecular formula is C15H21NO3S. The van der Waals surface area contributed by atoms with Gasteiger partial charge in [-0.2, -0.15) is 0 Å². The Hall–Kier alpha value is -1.36. The molecule has 1 aromatic rings. The molecule has 0 aliphatic carbocycles. The van der Waals surface area contributed by atoms with Gasteiger partial charge in [0, 0.05) is 18.0 Å².